The molecule has 6 aromatic carbocycles. The van der Waals surface area contributed by atoms with Gasteiger partial charge in [0.05, 0.1) is 17.6 Å². The quantitative estimate of drug-likeness (QED) is 0.196. The first-order valence-corrected chi connectivity index (χ1v) is 15.5. The van der Waals surface area contributed by atoms with Crippen molar-refractivity contribution in [3.63, 3.8) is 0 Å². The van der Waals surface area contributed by atoms with Crippen LogP contribution in [-0.4, -0.2) is 29.3 Å². The van der Waals surface area contributed by atoms with Crippen LogP contribution in [0.3, 0.4) is 0 Å². The monoisotopic (exact) mass is 602 g/mol. The second-order valence-electron chi connectivity index (χ2n) is 11.4. The molecule has 9 aromatic rings. The normalized spacial score (nSPS) is 11.4. The highest BCUT2D eigenvalue weighted by Gasteiger charge is 2.21. The largest absolute Gasteiger partial charge is 0.296 e. The summed E-state index contributed by atoms with van der Waals surface area (Å²) >= 11 is 0. The highest BCUT2D eigenvalue weighted by Crippen LogP contribution is 2.40. The number of hydrogen-bond donors (Lipinski definition) is 0. The fourth-order valence-corrected chi connectivity index (χ4v) is 6.34. The molecule has 0 aliphatic rings. The molecule has 3 heterocycles. The molecule has 0 spiro atoms. The number of hydrogen-bond acceptors (Lipinski definition) is 5. The van der Waals surface area contributed by atoms with Crippen molar-refractivity contribution in [2.24, 2.45) is 0 Å². The molecule has 9 rings (SSSR count). The lowest BCUT2D eigenvalue weighted by molar-refractivity contribution is 1.08. The molecule has 0 aliphatic heterocycles. The highest BCUT2D eigenvalue weighted by atomic mass is 15.0. The Kier molecular flexibility index (Phi) is 6.35. The minimum atomic E-state index is 0.620. The van der Waals surface area contributed by atoms with Crippen molar-refractivity contribution in [2.45, 2.75) is 0 Å². The Bertz CT molecular complexity index is 2520. The number of imidazole rings is 1. The van der Waals surface area contributed by atoms with E-state index in [0.717, 1.165) is 55.6 Å². The lowest BCUT2D eigenvalue weighted by atomic mass is 9.94. The lowest BCUT2D eigenvalue weighted by Gasteiger charge is -2.13. The zero-order valence-electron chi connectivity index (χ0n) is 25.2. The first-order chi connectivity index (χ1) is 23.3. The summed E-state index contributed by atoms with van der Waals surface area (Å²) in [7, 11) is 0. The summed E-state index contributed by atoms with van der Waals surface area (Å²) in [5.41, 5.74) is 7.61. The fraction of sp³-hybridized carbons (Fsp3) is 0. The third-order valence-electron chi connectivity index (χ3n) is 8.57. The van der Waals surface area contributed by atoms with Crippen LogP contribution in [0.5, 0.6) is 0 Å². The van der Waals surface area contributed by atoms with Crippen LogP contribution in [0.4, 0.5) is 0 Å². The molecule has 6 heteroatoms. The van der Waals surface area contributed by atoms with Crippen LogP contribution in [0.2, 0.25) is 0 Å². The molecular weight excluding hydrogens is 576 g/mol. The summed E-state index contributed by atoms with van der Waals surface area (Å²) in [4.78, 5) is 24.5. The molecule has 220 valence electrons. The van der Waals surface area contributed by atoms with Crippen molar-refractivity contribution in [3.05, 3.63) is 158 Å². The molecule has 0 unspecified atom stereocenters. The van der Waals surface area contributed by atoms with Crippen molar-refractivity contribution >= 4 is 27.2 Å². The molecule has 0 N–H and O–H groups in total. The summed E-state index contributed by atoms with van der Waals surface area (Å²) in [6.07, 6.45) is 5.60. The summed E-state index contributed by atoms with van der Waals surface area (Å²) in [5, 5.41) is 4.48. The van der Waals surface area contributed by atoms with Gasteiger partial charge in [0, 0.05) is 40.2 Å². The van der Waals surface area contributed by atoms with E-state index in [1.807, 2.05) is 73.1 Å². The summed E-state index contributed by atoms with van der Waals surface area (Å²) < 4.78 is 2.12. The van der Waals surface area contributed by atoms with Crippen LogP contribution >= 0.6 is 0 Å². The third kappa shape index (κ3) is 4.71. The summed E-state index contributed by atoms with van der Waals surface area (Å²) in [6, 6.07) is 47.8. The SMILES string of the molecule is c1ccc(-c2nc(-c3ccccc3)nc(-c3ccc(-c4nc5cnccn5c4-c4ccc5ccccc5c4)c4ccccc34)n2)cc1. The Morgan fingerprint density at radius 3 is 1.77 bits per heavy atom. The molecule has 0 amide bonds. The van der Waals surface area contributed by atoms with E-state index >= 15 is 0 Å². The molecule has 0 aliphatic carbocycles. The first kappa shape index (κ1) is 26.8. The van der Waals surface area contributed by atoms with Crippen molar-refractivity contribution in [1.82, 2.24) is 29.3 Å². The average Bonchev–Trinajstić information content (AvgIpc) is 3.54. The molecule has 6 nitrogen and oxygen atoms in total. The van der Waals surface area contributed by atoms with Gasteiger partial charge in [0.15, 0.2) is 23.1 Å². The van der Waals surface area contributed by atoms with Gasteiger partial charge in [-0.3, -0.25) is 9.38 Å². The van der Waals surface area contributed by atoms with Crippen LogP contribution in [0.25, 0.3) is 83.9 Å². The second-order valence-corrected chi connectivity index (χ2v) is 11.4. The van der Waals surface area contributed by atoms with Crippen LogP contribution in [0, 0.1) is 0 Å². The van der Waals surface area contributed by atoms with Crippen molar-refractivity contribution in [1.29, 1.82) is 0 Å². The Morgan fingerprint density at radius 2 is 1.04 bits per heavy atom. The summed E-state index contributed by atoms with van der Waals surface area (Å²) in [5.74, 6) is 1.89. The number of rotatable bonds is 5. The van der Waals surface area contributed by atoms with E-state index in [1.165, 1.54) is 10.8 Å². The molecule has 3 aromatic heterocycles. The molecule has 0 bridgehead atoms. The minimum Gasteiger partial charge on any atom is -0.296 e. The molecule has 0 saturated carbocycles. The van der Waals surface area contributed by atoms with Gasteiger partial charge in [0.25, 0.3) is 0 Å². The lowest BCUT2D eigenvalue weighted by Crippen LogP contribution is -2.00. The van der Waals surface area contributed by atoms with Gasteiger partial charge in [0.1, 0.15) is 0 Å². The van der Waals surface area contributed by atoms with Gasteiger partial charge in [-0.15, -0.1) is 0 Å². The van der Waals surface area contributed by atoms with E-state index in [9.17, 15) is 0 Å². The number of nitrogens with zero attached hydrogens (tertiary/aromatic N) is 6. The van der Waals surface area contributed by atoms with E-state index in [0.29, 0.717) is 17.5 Å². The number of fused-ring (bicyclic) bond motifs is 3. The van der Waals surface area contributed by atoms with Gasteiger partial charge < -0.3 is 0 Å². The Morgan fingerprint density at radius 1 is 0.447 bits per heavy atom. The van der Waals surface area contributed by atoms with Gasteiger partial charge in [-0.1, -0.05) is 127 Å². The first-order valence-electron chi connectivity index (χ1n) is 15.5. The van der Waals surface area contributed by atoms with Gasteiger partial charge in [-0.2, -0.15) is 0 Å². The van der Waals surface area contributed by atoms with Gasteiger partial charge >= 0.3 is 0 Å². The highest BCUT2D eigenvalue weighted by molar-refractivity contribution is 6.06. The van der Waals surface area contributed by atoms with Gasteiger partial charge in [-0.25, -0.2) is 19.9 Å². The van der Waals surface area contributed by atoms with Crippen molar-refractivity contribution in [3.8, 4) is 56.7 Å². The van der Waals surface area contributed by atoms with E-state index in [2.05, 4.69) is 88.2 Å². The fourth-order valence-electron chi connectivity index (χ4n) is 6.34. The predicted octanol–water partition coefficient (Wildman–Crippen LogP) is 9.56. The van der Waals surface area contributed by atoms with Crippen molar-refractivity contribution < 1.29 is 0 Å². The second kappa shape index (κ2) is 11.1. The molecule has 0 fully saturated rings. The van der Waals surface area contributed by atoms with Crippen LogP contribution in [-0.2, 0) is 0 Å². The zero-order chi connectivity index (χ0) is 31.2. The van der Waals surface area contributed by atoms with Crippen LogP contribution < -0.4 is 0 Å². The molecule has 0 atom stereocenters. The number of benzene rings is 6. The van der Waals surface area contributed by atoms with Gasteiger partial charge in [0.2, 0.25) is 0 Å². The number of aromatic nitrogens is 6. The molecular formula is C41H26N6. The molecule has 0 radical (unpaired) electrons. The topological polar surface area (TPSA) is 68.9 Å². The third-order valence-corrected chi connectivity index (χ3v) is 8.57. The Balaban J connectivity index is 1.27. The maximum absolute atomic E-state index is 5.16. The molecule has 47 heavy (non-hydrogen) atoms. The minimum absolute atomic E-state index is 0.620. The van der Waals surface area contributed by atoms with Crippen LogP contribution in [0.1, 0.15) is 0 Å². The Labute approximate surface area is 270 Å². The van der Waals surface area contributed by atoms with E-state index in [1.54, 1.807) is 6.20 Å². The predicted molar refractivity (Wildman–Crippen MR) is 189 cm³/mol. The maximum Gasteiger partial charge on any atom is 0.164 e. The van der Waals surface area contributed by atoms with Crippen LogP contribution in [0.15, 0.2) is 158 Å². The molecule has 0 saturated heterocycles. The maximum atomic E-state index is 5.16. The Hall–Kier alpha value is -6.53. The van der Waals surface area contributed by atoms with E-state index < -0.39 is 0 Å². The zero-order valence-corrected chi connectivity index (χ0v) is 25.2. The average molecular weight is 603 g/mol. The standard InChI is InChI=1S/C41H26N6/c1-3-12-28(13-4-1)39-44-40(29-14-5-2-6-15-29)46-41(45-39)35-22-21-34(32-17-9-10-18-33(32)35)37-38(47-24-23-42-26-36(47)43-37)31-20-19-27-11-7-8-16-30(27)25-31/h1-26H. The van der Waals surface area contributed by atoms with E-state index in [-0.39, 0.29) is 0 Å². The van der Waals surface area contributed by atoms with Gasteiger partial charge in [-0.05, 0) is 33.7 Å². The summed E-state index contributed by atoms with van der Waals surface area (Å²) in [6.45, 7) is 0. The smallest absolute Gasteiger partial charge is 0.164 e. The van der Waals surface area contributed by atoms with E-state index in [4.69, 9.17) is 19.9 Å². The van der Waals surface area contributed by atoms with Crippen molar-refractivity contribution in [2.75, 3.05) is 0 Å².